The standard InChI is InChI=1S/C18H22N4O6/c23-15(21-10-13-2-1-7-18(13,11-21)16(24)25)9-20-17(26)19-8-12-3-5-14(6-4-12)22(27)28/h3-6,13H,1-2,7-11H2,(H,24,25)(H2,19,20,26)/t13-,18+/m0/s1. The highest BCUT2D eigenvalue weighted by Gasteiger charge is 2.55. The molecule has 3 amide bonds. The number of nitrogens with zero attached hydrogens (tertiary/aromatic N) is 2. The van der Waals surface area contributed by atoms with Crippen molar-refractivity contribution >= 4 is 23.6 Å². The first-order valence-electron chi connectivity index (χ1n) is 9.08. The van der Waals surface area contributed by atoms with Crippen LogP contribution in [-0.2, 0) is 16.1 Å². The van der Waals surface area contributed by atoms with Crippen LogP contribution < -0.4 is 10.6 Å². The lowest BCUT2D eigenvalue weighted by Crippen LogP contribution is -2.44. The van der Waals surface area contributed by atoms with Gasteiger partial charge in [0.15, 0.2) is 0 Å². The van der Waals surface area contributed by atoms with Gasteiger partial charge in [-0.1, -0.05) is 18.6 Å². The Hall–Kier alpha value is -3.17. The Bertz CT molecular complexity index is 796. The number of fused-ring (bicyclic) bond motifs is 1. The van der Waals surface area contributed by atoms with Crippen LogP contribution in [0.2, 0.25) is 0 Å². The van der Waals surface area contributed by atoms with Crippen molar-refractivity contribution in [2.75, 3.05) is 19.6 Å². The summed E-state index contributed by atoms with van der Waals surface area (Å²) in [7, 11) is 0. The van der Waals surface area contributed by atoms with Crippen molar-refractivity contribution in [3.63, 3.8) is 0 Å². The zero-order chi connectivity index (χ0) is 20.3. The number of nitrogens with one attached hydrogen (secondary N) is 2. The first-order valence-corrected chi connectivity index (χ1v) is 9.08. The molecule has 1 aromatic carbocycles. The Morgan fingerprint density at radius 2 is 1.96 bits per heavy atom. The van der Waals surface area contributed by atoms with Gasteiger partial charge in [0.1, 0.15) is 0 Å². The monoisotopic (exact) mass is 390 g/mol. The number of aliphatic carboxylic acids is 1. The normalized spacial score (nSPS) is 23.1. The third-order valence-corrected chi connectivity index (χ3v) is 5.65. The molecule has 10 heteroatoms. The van der Waals surface area contributed by atoms with Crippen LogP contribution >= 0.6 is 0 Å². The zero-order valence-electron chi connectivity index (χ0n) is 15.2. The molecule has 3 rings (SSSR count). The molecular weight excluding hydrogens is 368 g/mol. The van der Waals surface area contributed by atoms with Gasteiger partial charge in [0, 0.05) is 31.8 Å². The molecule has 10 nitrogen and oxygen atoms in total. The van der Waals surface area contributed by atoms with E-state index in [9.17, 15) is 29.6 Å². The van der Waals surface area contributed by atoms with Gasteiger partial charge in [0.25, 0.3) is 5.69 Å². The molecule has 150 valence electrons. The topological polar surface area (TPSA) is 142 Å². The molecule has 3 N–H and O–H groups in total. The van der Waals surface area contributed by atoms with Crippen LogP contribution in [0.4, 0.5) is 10.5 Å². The number of urea groups is 1. The second kappa shape index (κ2) is 7.83. The van der Waals surface area contributed by atoms with Crippen LogP contribution in [0.5, 0.6) is 0 Å². The van der Waals surface area contributed by atoms with E-state index in [0.29, 0.717) is 18.5 Å². The fourth-order valence-corrected chi connectivity index (χ4v) is 4.08. The number of hydrogen-bond donors (Lipinski definition) is 3. The first-order chi connectivity index (χ1) is 13.3. The number of nitro groups is 1. The summed E-state index contributed by atoms with van der Waals surface area (Å²) in [5.41, 5.74) is -0.190. The predicted octanol–water partition coefficient (Wildman–Crippen LogP) is 1.11. The molecule has 1 aromatic rings. The van der Waals surface area contributed by atoms with Gasteiger partial charge in [-0.15, -0.1) is 0 Å². The second-order valence-corrected chi connectivity index (χ2v) is 7.28. The summed E-state index contributed by atoms with van der Waals surface area (Å²) in [6.07, 6.45) is 2.25. The van der Waals surface area contributed by atoms with Gasteiger partial charge in [-0.25, -0.2) is 4.79 Å². The Morgan fingerprint density at radius 1 is 1.25 bits per heavy atom. The lowest BCUT2D eigenvalue weighted by Gasteiger charge is -2.23. The van der Waals surface area contributed by atoms with Crippen molar-refractivity contribution in [2.24, 2.45) is 11.3 Å². The molecular formula is C18H22N4O6. The van der Waals surface area contributed by atoms with E-state index in [1.54, 1.807) is 0 Å². The molecule has 1 saturated carbocycles. The van der Waals surface area contributed by atoms with Crippen molar-refractivity contribution in [2.45, 2.75) is 25.8 Å². The van der Waals surface area contributed by atoms with E-state index < -0.39 is 22.3 Å². The highest BCUT2D eigenvalue weighted by molar-refractivity contribution is 5.85. The van der Waals surface area contributed by atoms with Crippen LogP contribution in [-0.4, -0.2) is 52.5 Å². The Kier molecular flexibility index (Phi) is 5.48. The SMILES string of the molecule is O=C(NCC(=O)N1C[C@@H]2CCC[C@@]2(C(=O)O)C1)NCc1ccc([N+](=O)[O-])cc1. The highest BCUT2D eigenvalue weighted by atomic mass is 16.6. The molecule has 0 bridgehead atoms. The van der Waals surface area contributed by atoms with E-state index in [2.05, 4.69) is 10.6 Å². The van der Waals surface area contributed by atoms with Gasteiger partial charge >= 0.3 is 12.0 Å². The van der Waals surface area contributed by atoms with Crippen LogP contribution in [0, 0.1) is 21.4 Å². The average molecular weight is 390 g/mol. The molecule has 2 fully saturated rings. The number of amides is 3. The maximum absolute atomic E-state index is 12.3. The smallest absolute Gasteiger partial charge is 0.315 e. The van der Waals surface area contributed by atoms with Crippen LogP contribution in [0.3, 0.4) is 0 Å². The third-order valence-electron chi connectivity index (χ3n) is 5.65. The molecule has 1 saturated heterocycles. The number of carbonyl (C=O) groups excluding carboxylic acids is 2. The summed E-state index contributed by atoms with van der Waals surface area (Å²) >= 11 is 0. The summed E-state index contributed by atoms with van der Waals surface area (Å²) in [5, 5.41) is 25.2. The summed E-state index contributed by atoms with van der Waals surface area (Å²) in [6.45, 7) is 0.551. The molecule has 1 aliphatic carbocycles. The molecule has 0 aromatic heterocycles. The summed E-state index contributed by atoms with van der Waals surface area (Å²) < 4.78 is 0. The van der Waals surface area contributed by atoms with E-state index in [0.717, 1.165) is 12.8 Å². The number of carboxylic acid groups (broad SMARTS) is 1. The fraction of sp³-hybridized carbons (Fsp3) is 0.500. The number of hydrogen-bond acceptors (Lipinski definition) is 5. The Balaban J connectivity index is 1.44. The summed E-state index contributed by atoms with van der Waals surface area (Å²) in [5.74, 6) is -1.18. The van der Waals surface area contributed by atoms with Crippen LogP contribution in [0.25, 0.3) is 0 Å². The molecule has 2 aliphatic rings. The number of carboxylic acids is 1. The largest absolute Gasteiger partial charge is 0.481 e. The molecule has 28 heavy (non-hydrogen) atoms. The van der Waals surface area contributed by atoms with Gasteiger partial charge in [-0.2, -0.15) is 0 Å². The highest BCUT2D eigenvalue weighted by Crippen LogP contribution is 2.48. The van der Waals surface area contributed by atoms with Crippen molar-refractivity contribution in [1.82, 2.24) is 15.5 Å². The number of non-ortho nitro benzene ring substituents is 1. The average Bonchev–Trinajstić information content (AvgIpc) is 3.23. The molecule has 0 spiro atoms. The van der Waals surface area contributed by atoms with Gasteiger partial charge in [0.2, 0.25) is 5.91 Å². The van der Waals surface area contributed by atoms with E-state index in [-0.39, 0.29) is 37.1 Å². The maximum atomic E-state index is 12.3. The number of rotatable bonds is 6. The fourth-order valence-electron chi connectivity index (χ4n) is 4.08. The van der Waals surface area contributed by atoms with Crippen molar-refractivity contribution in [3.05, 3.63) is 39.9 Å². The summed E-state index contributed by atoms with van der Waals surface area (Å²) in [4.78, 5) is 47.5. The van der Waals surface area contributed by atoms with E-state index in [4.69, 9.17) is 0 Å². The van der Waals surface area contributed by atoms with E-state index in [1.807, 2.05) is 0 Å². The number of likely N-dealkylation sites (tertiary alicyclic amines) is 1. The van der Waals surface area contributed by atoms with Crippen molar-refractivity contribution in [1.29, 1.82) is 0 Å². The number of carbonyl (C=O) groups is 3. The molecule has 1 aliphatic heterocycles. The van der Waals surface area contributed by atoms with Crippen LogP contribution in [0.1, 0.15) is 24.8 Å². The van der Waals surface area contributed by atoms with Crippen LogP contribution in [0.15, 0.2) is 24.3 Å². The quantitative estimate of drug-likeness (QED) is 0.491. The van der Waals surface area contributed by atoms with Gasteiger partial charge in [-0.3, -0.25) is 19.7 Å². The third kappa shape index (κ3) is 3.90. The summed E-state index contributed by atoms with van der Waals surface area (Å²) in [6, 6.07) is 5.23. The molecule has 1 heterocycles. The predicted molar refractivity (Wildman–Crippen MR) is 97.3 cm³/mol. The lowest BCUT2D eigenvalue weighted by molar-refractivity contribution is -0.384. The molecule has 0 unspecified atom stereocenters. The minimum atomic E-state index is -0.848. The Labute approximate surface area is 161 Å². The zero-order valence-corrected chi connectivity index (χ0v) is 15.2. The maximum Gasteiger partial charge on any atom is 0.315 e. The first kappa shape index (κ1) is 19.6. The number of benzene rings is 1. The van der Waals surface area contributed by atoms with Crippen molar-refractivity contribution < 1.29 is 24.4 Å². The minimum Gasteiger partial charge on any atom is -0.481 e. The minimum absolute atomic E-state index is 0.0232. The van der Waals surface area contributed by atoms with E-state index in [1.165, 1.54) is 29.2 Å². The van der Waals surface area contributed by atoms with E-state index >= 15 is 0 Å². The van der Waals surface area contributed by atoms with Crippen molar-refractivity contribution in [3.8, 4) is 0 Å². The van der Waals surface area contributed by atoms with Gasteiger partial charge in [-0.05, 0) is 24.3 Å². The second-order valence-electron chi connectivity index (χ2n) is 7.28. The molecule has 2 atom stereocenters. The lowest BCUT2D eigenvalue weighted by atomic mass is 9.81. The molecule has 0 radical (unpaired) electrons. The van der Waals surface area contributed by atoms with Gasteiger partial charge < -0.3 is 20.6 Å². The number of nitro benzene ring substituents is 1. The van der Waals surface area contributed by atoms with Gasteiger partial charge in [0.05, 0.1) is 16.9 Å². The Morgan fingerprint density at radius 3 is 2.57 bits per heavy atom.